The maximum Gasteiger partial charge on any atom is 0.311 e. The zero-order valence-corrected chi connectivity index (χ0v) is 9.86. The summed E-state index contributed by atoms with van der Waals surface area (Å²) in [5.41, 5.74) is 8.24. The molecule has 0 amide bonds. The third kappa shape index (κ3) is 2.75. The molecule has 1 rings (SSSR count). The molecular weight excluding hydrogens is 202 g/mol. The van der Waals surface area contributed by atoms with E-state index in [4.69, 9.17) is 5.73 Å². The zero-order valence-electron chi connectivity index (χ0n) is 9.86. The van der Waals surface area contributed by atoms with Crippen molar-refractivity contribution in [3.8, 4) is 0 Å². The lowest BCUT2D eigenvalue weighted by Crippen LogP contribution is -2.14. The fraction of sp³-hybridized carbons (Fsp3) is 0.462. The quantitative estimate of drug-likeness (QED) is 0.751. The number of carboxylic acid groups (broad SMARTS) is 1. The molecule has 0 bridgehead atoms. The summed E-state index contributed by atoms with van der Waals surface area (Å²) in [6, 6.07) is 5.58. The standard InChI is InChI=1S/C13H19NO2/c1-3-4-7-11(13(15)16)10-8-5-6-9(2)12(10)14/h5-6,8,11H,3-4,7,14H2,1-2H3,(H,15,16). The van der Waals surface area contributed by atoms with Gasteiger partial charge in [0.15, 0.2) is 0 Å². The van der Waals surface area contributed by atoms with Crippen molar-refractivity contribution in [3.05, 3.63) is 29.3 Å². The van der Waals surface area contributed by atoms with Gasteiger partial charge in [-0.1, -0.05) is 38.0 Å². The highest BCUT2D eigenvalue weighted by atomic mass is 16.4. The second-order valence-electron chi connectivity index (χ2n) is 4.11. The van der Waals surface area contributed by atoms with Crippen molar-refractivity contribution in [2.45, 2.75) is 39.0 Å². The van der Waals surface area contributed by atoms with Crippen LogP contribution in [0, 0.1) is 6.92 Å². The lowest BCUT2D eigenvalue weighted by atomic mass is 9.91. The Morgan fingerprint density at radius 1 is 1.50 bits per heavy atom. The molecule has 1 aromatic carbocycles. The van der Waals surface area contributed by atoms with E-state index in [9.17, 15) is 9.90 Å². The van der Waals surface area contributed by atoms with Crippen LogP contribution in [0.3, 0.4) is 0 Å². The molecule has 88 valence electrons. The highest BCUT2D eigenvalue weighted by molar-refractivity contribution is 5.79. The second-order valence-corrected chi connectivity index (χ2v) is 4.11. The van der Waals surface area contributed by atoms with Crippen LogP contribution in [0.25, 0.3) is 0 Å². The van der Waals surface area contributed by atoms with Crippen LogP contribution in [0.15, 0.2) is 18.2 Å². The smallest absolute Gasteiger partial charge is 0.311 e. The van der Waals surface area contributed by atoms with Gasteiger partial charge in [-0.3, -0.25) is 4.79 Å². The molecule has 16 heavy (non-hydrogen) atoms. The maximum atomic E-state index is 11.2. The number of nitrogens with two attached hydrogens (primary N) is 1. The maximum absolute atomic E-state index is 11.2. The largest absolute Gasteiger partial charge is 0.481 e. The minimum atomic E-state index is -0.786. The van der Waals surface area contributed by atoms with E-state index in [1.54, 1.807) is 0 Å². The molecule has 0 heterocycles. The van der Waals surface area contributed by atoms with Crippen LogP contribution in [-0.2, 0) is 4.79 Å². The number of hydrogen-bond acceptors (Lipinski definition) is 2. The van der Waals surface area contributed by atoms with E-state index in [1.165, 1.54) is 0 Å². The number of hydrogen-bond donors (Lipinski definition) is 2. The van der Waals surface area contributed by atoms with Crippen LogP contribution in [0.5, 0.6) is 0 Å². The molecule has 1 atom stereocenters. The molecule has 3 N–H and O–H groups in total. The third-order valence-electron chi connectivity index (χ3n) is 2.88. The minimum absolute atomic E-state index is 0.472. The number of unbranched alkanes of at least 4 members (excludes halogenated alkanes) is 1. The SMILES string of the molecule is CCCCC(C(=O)O)c1cccc(C)c1N. The van der Waals surface area contributed by atoms with Crippen LogP contribution < -0.4 is 5.73 Å². The van der Waals surface area contributed by atoms with Gasteiger partial charge in [-0.2, -0.15) is 0 Å². The normalized spacial score (nSPS) is 12.4. The molecule has 0 aromatic heterocycles. The first-order valence-electron chi connectivity index (χ1n) is 5.65. The fourth-order valence-corrected chi connectivity index (χ4v) is 1.83. The first-order chi connectivity index (χ1) is 7.57. The van der Waals surface area contributed by atoms with Gasteiger partial charge in [-0.15, -0.1) is 0 Å². The Labute approximate surface area is 96.3 Å². The third-order valence-corrected chi connectivity index (χ3v) is 2.88. The van der Waals surface area contributed by atoms with Gasteiger partial charge in [0.25, 0.3) is 0 Å². The summed E-state index contributed by atoms with van der Waals surface area (Å²) >= 11 is 0. The summed E-state index contributed by atoms with van der Waals surface area (Å²) in [7, 11) is 0. The summed E-state index contributed by atoms with van der Waals surface area (Å²) in [6.07, 6.45) is 2.55. The van der Waals surface area contributed by atoms with E-state index >= 15 is 0 Å². The molecule has 0 aliphatic heterocycles. The molecule has 0 saturated carbocycles. The lowest BCUT2D eigenvalue weighted by molar-refractivity contribution is -0.139. The Balaban J connectivity index is 3.01. The van der Waals surface area contributed by atoms with E-state index < -0.39 is 11.9 Å². The average Bonchev–Trinajstić information content (AvgIpc) is 2.24. The van der Waals surface area contributed by atoms with Crippen LogP contribution >= 0.6 is 0 Å². The number of carbonyl (C=O) groups is 1. The highest BCUT2D eigenvalue weighted by Gasteiger charge is 2.21. The highest BCUT2D eigenvalue weighted by Crippen LogP contribution is 2.29. The van der Waals surface area contributed by atoms with Crippen molar-refractivity contribution in [1.82, 2.24) is 0 Å². The molecule has 0 radical (unpaired) electrons. The Morgan fingerprint density at radius 2 is 2.19 bits per heavy atom. The van der Waals surface area contributed by atoms with Gasteiger partial charge in [0, 0.05) is 5.69 Å². The molecule has 1 aromatic rings. The van der Waals surface area contributed by atoms with Crippen LogP contribution in [-0.4, -0.2) is 11.1 Å². The summed E-state index contributed by atoms with van der Waals surface area (Å²) in [5, 5.41) is 9.21. The van der Waals surface area contributed by atoms with Gasteiger partial charge in [0.2, 0.25) is 0 Å². The van der Waals surface area contributed by atoms with Crippen molar-refractivity contribution >= 4 is 11.7 Å². The van der Waals surface area contributed by atoms with Gasteiger partial charge in [0.1, 0.15) is 0 Å². The number of nitrogen functional groups attached to an aromatic ring is 1. The summed E-state index contributed by atoms with van der Waals surface area (Å²) in [4.78, 5) is 11.2. The van der Waals surface area contributed by atoms with Crippen LogP contribution in [0.1, 0.15) is 43.2 Å². The van der Waals surface area contributed by atoms with Crippen molar-refractivity contribution in [2.75, 3.05) is 5.73 Å². The second kappa shape index (κ2) is 5.54. The van der Waals surface area contributed by atoms with Gasteiger partial charge >= 0.3 is 5.97 Å². The van der Waals surface area contributed by atoms with E-state index in [2.05, 4.69) is 6.92 Å². The molecule has 0 spiro atoms. The molecule has 3 nitrogen and oxygen atoms in total. The van der Waals surface area contributed by atoms with E-state index in [0.717, 1.165) is 24.0 Å². The summed E-state index contributed by atoms with van der Waals surface area (Å²) in [6.45, 7) is 3.95. The number of aryl methyl sites for hydroxylation is 1. The van der Waals surface area contributed by atoms with Crippen molar-refractivity contribution < 1.29 is 9.90 Å². The average molecular weight is 221 g/mol. The molecule has 1 unspecified atom stereocenters. The van der Waals surface area contributed by atoms with Crippen molar-refractivity contribution in [3.63, 3.8) is 0 Å². The molecular formula is C13H19NO2. The predicted octanol–water partition coefficient (Wildman–Crippen LogP) is 2.94. The number of carboxylic acids is 1. The molecule has 3 heteroatoms. The Hall–Kier alpha value is -1.51. The molecule has 0 aliphatic carbocycles. The van der Waals surface area contributed by atoms with Gasteiger partial charge in [0.05, 0.1) is 5.92 Å². The number of aliphatic carboxylic acids is 1. The molecule has 0 aliphatic rings. The Bertz CT molecular complexity index is 374. The Morgan fingerprint density at radius 3 is 2.75 bits per heavy atom. The number of rotatable bonds is 5. The number of anilines is 1. The lowest BCUT2D eigenvalue weighted by Gasteiger charge is -2.15. The van der Waals surface area contributed by atoms with Gasteiger partial charge < -0.3 is 10.8 Å². The van der Waals surface area contributed by atoms with Crippen LogP contribution in [0.4, 0.5) is 5.69 Å². The van der Waals surface area contributed by atoms with E-state index in [1.807, 2.05) is 25.1 Å². The van der Waals surface area contributed by atoms with E-state index in [0.29, 0.717) is 12.1 Å². The first kappa shape index (κ1) is 12.6. The monoisotopic (exact) mass is 221 g/mol. The topological polar surface area (TPSA) is 63.3 Å². The Kier molecular flexibility index (Phi) is 4.35. The zero-order chi connectivity index (χ0) is 12.1. The number of benzene rings is 1. The molecule has 0 saturated heterocycles. The van der Waals surface area contributed by atoms with Crippen molar-refractivity contribution in [2.24, 2.45) is 0 Å². The molecule has 0 fully saturated rings. The summed E-state index contributed by atoms with van der Waals surface area (Å²) < 4.78 is 0. The van der Waals surface area contributed by atoms with Crippen LogP contribution in [0.2, 0.25) is 0 Å². The van der Waals surface area contributed by atoms with Gasteiger partial charge in [-0.25, -0.2) is 0 Å². The predicted molar refractivity (Wildman–Crippen MR) is 65.5 cm³/mol. The minimum Gasteiger partial charge on any atom is -0.481 e. The summed E-state index contributed by atoms with van der Waals surface area (Å²) in [5.74, 6) is -1.26. The van der Waals surface area contributed by atoms with E-state index in [-0.39, 0.29) is 0 Å². The van der Waals surface area contributed by atoms with Gasteiger partial charge in [-0.05, 0) is 24.5 Å². The number of para-hydroxylation sites is 1. The fourth-order valence-electron chi connectivity index (χ4n) is 1.83. The van der Waals surface area contributed by atoms with Crippen molar-refractivity contribution in [1.29, 1.82) is 0 Å². The first-order valence-corrected chi connectivity index (χ1v) is 5.65.